The molecule has 0 aliphatic carbocycles. The zero-order valence-corrected chi connectivity index (χ0v) is 12.9. The maximum Gasteiger partial charge on any atom is 0.319 e. The van der Waals surface area contributed by atoms with Crippen LogP contribution in [0.3, 0.4) is 0 Å². The first-order chi connectivity index (χ1) is 10.5. The van der Waals surface area contributed by atoms with E-state index in [-0.39, 0.29) is 18.0 Å². The molecule has 1 aromatic rings. The van der Waals surface area contributed by atoms with Crippen LogP contribution in [0.1, 0.15) is 20.3 Å². The number of methoxy groups -OCH3 is 1. The molecular formula is C15H21N3O4. The number of urea groups is 1. The number of rotatable bonds is 5. The van der Waals surface area contributed by atoms with Gasteiger partial charge < -0.3 is 25.4 Å². The van der Waals surface area contributed by atoms with Gasteiger partial charge in [-0.2, -0.15) is 0 Å². The summed E-state index contributed by atoms with van der Waals surface area (Å²) in [6.07, 6.45) is 0.215. The highest BCUT2D eigenvalue weighted by Gasteiger charge is 2.23. The minimum atomic E-state index is -0.517. The smallest absolute Gasteiger partial charge is 0.319 e. The van der Waals surface area contributed by atoms with Crippen LogP contribution in [-0.4, -0.2) is 37.8 Å². The summed E-state index contributed by atoms with van der Waals surface area (Å²) in [5, 5.41) is 8.28. The quantitative estimate of drug-likeness (QED) is 0.776. The second kappa shape index (κ2) is 7.13. The Labute approximate surface area is 129 Å². The van der Waals surface area contributed by atoms with Gasteiger partial charge in [-0.15, -0.1) is 0 Å². The van der Waals surface area contributed by atoms with E-state index in [1.807, 2.05) is 6.92 Å². The largest absolute Gasteiger partial charge is 0.479 e. The van der Waals surface area contributed by atoms with Gasteiger partial charge in [0.1, 0.15) is 5.75 Å². The summed E-state index contributed by atoms with van der Waals surface area (Å²) in [6.45, 7) is 4.17. The summed E-state index contributed by atoms with van der Waals surface area (Å²) in [7, 11) is 1.62. The number of carbonyl (C=O) groups is 2. The van der Waals surface area contributed by atoms with Crippen LogP contribution in [0.15, 0.2) is 18.2 Å². The van der Waals surface area contributed by atoms with Crippen LogP contribution >= 0.6 is 0 Å². The highest BCUT2D eigenvalue weighted by atomic mass is 16.5. The van der Waals surface area contributed by atoms with Crippen LogP contribution in [0.25, 0.3) is 0 Å². The predicted octanol–water partition coefficient (Wildman–Crippen LogP) is 1.95. The van der Waals surface area contributed by atoms with Crippen LogP contribution in [0.4, 0.5) is 16.2 Å². The monoisotopic (exact) mass is 307 g/mol. The molecule has 120 valence electrons. The molecule has 2 rings (SSSR count). The molecular weight excluding hydrogens is 286 g/mol. The van der Waals surface area contributed by atoms with Crippen LogP contribution in [0.2, 0.25) is 0 Å². The van der Waals surface area contributed by atoms with Gasteiger partial charge in [0.25, 0.3) is 5.91 Å². The predicted molar refractivity (Wildman–Crippen MR) is 83.3 cm³/mol. The number of carbonyl (C=O) groups excluding carboxylic acids is 2. The van der Waals surface area contributed by atoms with Crippen molar-refractivity contribution in [1.29, 1.82) is 0 Å². The van der Waals surface area contributed by atoms with Crippen molar-refractivity contribution >= 4 is 23.3 Å². The van der Waals surface area contributed by atoms with Crippen molar-refractivity contribution in [2.45, 2.75) is 32.4 Å². The summed E-state index contributed by atoms with van der Waals surface area (Å²) < 4.78 is 10.4. The van der Waals surface area contributed by atoms with Crippen LogP contribution in [-0.2, 0) is 9.53 Å². The van der Waals surface area contributed by atoms with E-state index in [0.29, 0.717) is 23.7 Å². The van der Waals surface area contributed by atoms with Crippen molar-refractivity contribution < 1.29 is 19.1 Å². The normalized spacial score (nSPS) is 17.8. The van der Waals surface area contributed by atoms with Gasteiger partial charge >= 0.3 is 6.03 Å². The topological polar surface area (TPSA) is 88.7 Å². The van der Waals surface area contributed by atoms with E-state index in [1.165, 1.54) is 0 Å². The van der Waals surface area contributed by atoms with Gasteiger partial charge in [0.05, 0.1) is 5.69 Å². The van der Waals surface area contributed by atoms with E-state index in [2.05, 4.69) is 16.0 Å². The zero-order chi connectivity index (χ0) is 16.1. The first-order valence-corrected chi connectivity index (χ1v) is 7.17. The van der Waals surface area contributed by atoms with E-state index in [9.17, 15) is 9.59 Å². The molecule has 1 heterocycles. The summed E-state index contributed by atoms with van der Waals surface area (Å²) in [6, 6.07) is 4.80. The molecule has 0 aromatic heterocycles. The molecule has 2 atom stereocenters. The van der Waals surface area contributed by atoms with Crippen molar-refractivity contribution in [2.75, 3.05) is 24.4 Å². The second-order valence-electron chi connectivity index (χ2n) is 5.24. The molecule has 0 saturated heterocycles. The minimum absolute atomic E-state index is 0.00135. The van der Waals surface area contributed by atoms with Gasteiger partial charge in [-0.3, -0.25) is 4.79 Å². The molecule has 0 saturated carbocycles. The van der Waals surface area contributed by atoms with Crippen LogP contribution < -0.4 is 20.7 Å². The second-order valence-corrected chi connectivity index (χ2v) is 5.24. The average molecular weight is 307 g/mol. The van der Waals surface area contributed by atoms with Gasteiger partial charge in [0.2, 0.25) is 0 Å². The van der Waals surface area contributed by atoms with E-state index < -0.39 is 6.10 Å². The number of hydrogen-bond acceptors (Lipinski definition) is 4. The lowest BCUT2D eigenvalue weighted by atomic mass is 10.2. The molecule has 3 amide bonds. The SMILES string of the molecule is COCC[C@H](C)NC(=O)Nc1ccc2c(c1)NC(=O)[C@H](C)O2. The number of amides is 3. The summed E-state index contributed by atoms with van der Waals surface area (Å²) >= 11 is 0. The Kier molecular flexibility index (Phi) is 5.21. The number of hydrogen-bond donors (Lipinski definition) is 3. The number of benzene rings is 1. The fraction of sp³-hybridized carbons (Fsp3) is 0.467. The molecule has 0 radical (unpaired) electrons. The number of nitrogens with one attached hydrogen (secondary N) is 3. The Balaban J connectivity index is 1.95. The van der Waals surface area contributed by atoms with Gasteiger partial charge in [-0.25, -0.2) is 4.79 Å². The highest BCUT2D eigenvalue weighted by Crippen LogP contribution is 2.32. The molecule has 0 unspecified atom stereocenters. The molecule has 1 aliphatic rings. The third kappa shape index (κ3) is 4.11. The van der Waals surface area contributed by atoms with Crippen LogP contribution in [0.5, 0.6) is 5.75 Å². The first kappa shape index (κ1) is 16.1. The Bertz CT molecular complexity index is 562. The summed E-state index contributed by atoms with van der Waals surface area (Å²) in [4.78, 5) is 23.5. The molecule has 1 aromatic carbocycles. The molecule has 7 heteroatoms. The molecule has 1 aliphatic heterocycles. The third-order valence-corrected chi connectivity index (χ3v) is 3.30. The van der Waals surface area contributed by atoms with E-state index in [0.717, 1.165) is 6.42 Å². The van der Waals surface area contributed by atoms with Crippen molar-refractivity contribution in [3.63, 3.8) is 0 Å². The lowest BCUT2D eigenvalue weighted by Gasteiger charge is -2.23. The zero-order valence-electron chi connectivity index (χ0n) is 12.9. The average Bonchev–Trinajstić information content (AvgIpc) is 2.46. The Morgan fingerprint density at radius 1 is 1.50 bits per heavy atom. The lowest BCUT2D eigenvalue weighted by Crippen LogP contribution is -2.37. The Morgan fingerprint density at radius 3 is 3.00 bits per heavy atom. The Hall–Kier alpha value is -2.28. The maximum atomic E-state index is 11.9. The fourth-order valence-electron chi connectivity index (χ4n) is 2.04. The van der Waals surface area contributed by atoms with Crippen molar-refractivity contribution in [3.05, 3.63) is 18.2 Å². The molecule has 0 fully saturated rings. The van der Waals surface area contributed by atoms with Crippen LogP contribution in [0, 0.1) is 0 Å². The number of anilines is 2. The van der Waals surface area contributed by atoms with Gasteiger partial charge in [-0.05, 0) is 38.5 Å². The van der Waals surface area contributed by atoms with Gasteiger partial charge in [-0.1, -0.05) is 0 Å². The van der Waals surface area contributed by atoms with E-state index in [1.54, 1.807) is 32.2 Å². The maximum absolute atomic E-state index is 11.9. The van der Waals surface area contributed by atoms with Gasteiger partial charge in [0.15, 0.2) is 6.10 Å². The lowest BCUT2D eigenvalue weighted by molar-refractivity contribution is -0.122. The standard InChI is InChI=1S/C15H21N3O4/c1-9(6-7-21-3)16-15(20)17-11-4-5-13-12(8-11)18-14(19)10(2)22-13/h4-5,8-10H,6-7H2,1-3H3,(H,18,19)(H2,16,17,20)/t9-,10-/m0/s1. The molecule has 7 nitrogen and oxygen atoms in total. The highest BCUT2D eigenvalue weighted by molar-refractivity contribution is 5.99. The molecule has 3 N–H and O–H groups in total. The fourth-order valence-corrected chi connectivity index (χ4v) is 2.04. The summed E-state index contributed by atoms with van der Waals surface area (Å²) in [5.74, 6) is 0.383. The van der Waals surface area contributed by atoms with E-state index >= 15 is 0 Å². The Morgan fingerprint density at radius 2 is 2.27 bits per heavy atom. The number of fused-ring (bicyclic) bond motifs is 1. The van der Waals surface area contributed by atoms with Gasteiger partial charge in [0, 0.05) is 25.4 Å². The van der Waals surface area contributed by atoms with E-state index in [4.69, 9.17) is 9.47 Å². The van der Waals surface area contributed by atoms with Crippen molar-refractivity contribution in [3.8, 4) is 5.75 Å². The summed E-state index contributed by atoms with van der Waals surface area (Å²) in [5.41, 5.74) is 1.13. The van der Waals surface area contributed by atoms with Crippen molar-refractivity contribution in [2.24, 2.45) is 0 Å². The molecule has 0 spiro atoms. The molecule has 0 bridgehead atoms. The minimum Gasteiger partial charge on any atom is -0.479 e. The van der Waals surface area contributed by atoms with Crippen molar-refractivity contribution in [1.82, 2.24) is 5.32 Å². The first-order valence-electron chi connectivity index (χ1n) is 7.17. The third-order valence-electron chi connectivity index (χ3n) is 3.30. The number of ether oxygens (including phenoxy) is 2. The molecule has 22 heavy (non-hydrogen) atoms.